The lowest BCUT2D eigenvalue weighted by molar-refractivity contribution is -0.140. The fraction of sp³-hybridized carbons (Fsp3) is 0.292. The molecule has 36 heavy (non-hydrogen) atoms. The highest BCUT2D eigenvalue weighted by atomic mass is 35.5. The van der Waals surface area contributed by atoms with Gasteiger partial charge in [0.25, 0.3) is 0 Å². The Bertz CT molecular complexity index is 1270. The average molecular weight is 541 g/mol. The minimum absolute atomic E-state index is 0.0137. The molecule has 0 spiro atoms. The predicted octanol–water partition coefficient (Wildman–Crippen LogP) is 6.52. The number of anilines is 2. The van der Waals surface area contributed by atoms with E-state index in [1.165, 1.54) is 74.0 Å². The van der Waals surface area contributed by atoms with Gasteiger partial charge in [0.2, 0.25) is 5.13 Å². The Morgan fingerprint density at radius 3 is 2.14 bits per heavy atom. The first-order chi connectivity index (χ1) is 17.0. The molecule has 5 rings (SSSR count). The lowest BCUT2D eigenvalue weighted by atomic mass is 10.1. The molecule has 4 aromatic rings. The van der Waals surface area contributed by atoms with E-state index in [0.29, 0.717) is 20.5 Å². The normalized spacial score (nSPS) is 13.9. The second kappa shape index (κ2) is 12.3. The number of aromatic nitrogens is 3. The molecule has 0 radical (unpaired) electrons. The zero-order valence-electron chi connectivity index (χ0n) is 19.4. The minimum atomic E-state index is -4.50. The van der Waals surface area contributed by atoms with Crippen molar-refractivity contribution in [3.05, 3.63) is 65.1 Å². The van der Waals surface area contributed by atoms with Crippen LogP contribution in [0, 0.1) is 5.82 Å². The molecule has 2 aromatic carbocycles. The fourth-order valence-electron chi connectivity index (χ4n) is 3.36. The van der Waals surface area contributed by atoms with Crippen LogP contribution in [0.5, 0.6) is 0 Å². The van der Waals surface area contributed by atoms with Gasteiger partial charge in [0.1, 0.15) is 16.5 Å². The smallest absolute Gasteiger partial charge is 0.398 e. The number of fused-ring (bicyclic) bond motifs is 1. The van der Waals surface area contributed by atoms with E-state index in [1.54, 1.807) is 12.1 Å². The molecule has 0 saturated carbocycles. The summed E-state index contributed by atoms with van der Waals surface area (Å²) in [5.74, 6) is -0.263. The first-order valence-corrected chi connectivity index (χ1v) is 12.2. The van der Waals surface area contributed by atoms with Gasteiger partial charge in [-0.05, 0) is 81.5 Å². The van der Waals surface area contributed by atoms with Crippen molar-refractivity contribution in [1.29, 1.82) is 0 Å². The van der Waals surface area contributed by atoms with Crippen LogP contribution in [0.4, 0.5) is 28.4 Å². The van der Waals surface area contributed by atoms with Crippen molar-refractivity contribution < 1.29 is 17.6 Å². The van der Waals surface area contributed by atoms with E-state index in [0.717, 1.165) is 11.6 Å². The molecular formula is C24H25ClF4N6S. The molecule has 192 valence electrons. The zero-order chi connectivity index (χ0) is 26.3. The van der Waals surface area contributed by atoms with Crippen molar-refractivity contribution in [2.45, 2.75) is 25.4 Å². The van der Waals surface area contributed by atoms with Crippen LogP contribution in [-0.4, -0.2) is 40.2 Å². The summed E-state index contributed by atoms with van der Waals surface area (Å²) in [4.78, 5) is 5.88. The Balaban J connectivity index is 0.000000162. The summed E-state index contributed by atoms with van der Waals surface area (Å²) in [7, 11) is 2.19. The van der Waals surface area contributed by atoms with Gasteiger partial charge in [-0.25, -0.2) is 9.37 Å². The maximum absolute atomic E-state index is 12.6. The lowest BCUT2D eigenvalue weighted by Gasteiger charge is -2.20. The van der Waals surface area contributed by atoms with Crippen LogP contribution in [0.1, 0.15) is 25.0 Å². The molecule has 1 aliphatic heterocycles. The molecule has 0 unspecified atom stereocenters. The minimum Gasteiger partial charge on any atom is -0.398 e. The number of nitrogens with two attached hydrogens (primary N) is 2. The van der Waals surface area contributed by atoms with Crippen molar-refractivity contribution >= 4 is 44.7 Å². The molecule has 1 aliphatic rings. The molecule has 1 fully saturated rings. The van der Waals surface area contributed by atoms with Crippen LogP contribution in [0.3, 0.4) is 0 Å². The van der Waals surface area contributed by atoms with E-state index in [1.807, 2.05) is 0 Å². The molecule has 4 N–H and O–H groups in total. The van der Waals surface area contributed by atoms with Crippen LogP contribution < -0.4 is 11.5 Å². The summed E-state index contributed by atoms with van der Waals surface area (Å²) >= 11 is 6.99. The number of hydrogen-bond donors (Lipinski definition) is 2. The summed E-state index contributed by atoms with van der Waals surface area (Å²) in [6.07, 6.45) is -0.223. The summed E-state index contributed by atoms with van der Waals surface area (Å²) in [6, 6.07) is 11.2. The predicted molar refractivity (Wildman–Crippen MR) is 137 cm³/mol. The highest BCUT2D eigenvalue weighted by Gasteiger charge is 2.33. The standard InChI is InChI=1S/C10H6ClF3N2.C8H6FN3S.C6H13N/c11-5-1-2-8-6(3-5)7(15)4-9(16-8)10(12,13)14;9-6-3-1-5(2-4-6)7-11-12-8(10)13-7;1-7-5-3-2-4-6-7/h1-4H,(H2,15,16);1-4H,(H2,10,12);2-6H2,1H3. The number of benzene rings is 2. The number of alkyl halides is 3. The molecule has 0 atom stereocenters. The number of pyridine rings is 1. The summed E-state index contributed by atoms with van der Waals surface area (Å²) < 4.78 is 49.8. The number of likely N-dealkylation sites (tertiary alicyclic amines) is 1. The average Bonchev–Trinajstić information content (AvgIpc) is 3.27. The van der Waals surface area contributed by atoms with Gasteiger partial charge in [-0.3, -0.25) is 0 Å². The van der Waals surface area contributed by atoms with Crippen molar-refractivity contribution in [2.24, 2.45) is 0 Å². The van der Waals surface area contributed by atoms with Crippen molar-refractivity contribution in [1.82, 2.24) is 20.1 Å². The Morgan fingerprint density at radius 2 is 1.61 bits per heavy atom. The molecular weight excluding hydrogens is 516 g/mol. The number of hydrogen-bond acceptors (Lipinski definition) is 7. The largest absolute Gasteiger partial charge is 0.433 e. The lowest BCUT2D eigenvalue weighted by Crippen LogP contribution is -2.24. The van der Waals surface area contributed by atoms with E-state index in [9.17, 15) is 17.6 Å². The van der Waals surface area contributed by atoms with Gasteiger partial charge in [0.15, 0.2) is 0 Å². The monoisotopic (exact) mass is 540 g/mol. The van der Waals surface area contributed by atoms with Gasteiger partial charge in [-0.2, -0.15) is 13.2 Å². The number of halogens is 5. The Labute approximate surface area is 214 Å². The van der Waals surface area contributed by atoms with Gasteiger partial charge in [-0.15, -0.1) is 10.2 Å². The number of nitrogen functional groups attached to an aromatic ring is 2. The zero-order valence-corrected chi connectivity index (χ0v) is 21.0. The van der Waals surface area contributed by atoms with E-state index in [-0.39, 0.29) is 17.0 Å². The summed E-state index contributed by atoms with van der Waals surface area (Å²) in [6.45, 7) is 2.64. The van der Waals surface area contributed by atoms with E-state index >= 15 is 0 Å². The third-order valence-electron chi connectivity index (χ3n) is 5.20. The maximum atomic E-state index is 12.6. The van der Waals surface area contributed by atoms with Gasteiger partial charge >= 0.3 is 6.18 Å². The third kappa shape index (κ3) is 8.00. The molecule has 1 saturated heterocycles. The molecule has 12 heteroatoms. The Hall–Kier alpha value is -3.02. The summed E-state index contributed by atoms with van der Waals surface area (Å²) in [5.41, 5.74) is 11.0. The van der Waals surface area contributed by atoms with Crippen molar-refractivity contribution in [3.8, 4) is 10.6 Å². The molecule has 0 amide bonds. The SMILES string of the molecule is CN1CCCCC1.Nc1cc(C(F)(F)F)nc2ccc(Cl)cc12.Nc1nnc(-c2ccc(F)cc2)s1. The number of nitrogens with zero attached hydrogens (tertiary/aromatic N) is 4. The number of rotatable bonds is 1. The quantitative estimate of drug-likeness (QED) is 0.267. The van der Waals surface area contributed by atoms with Gasteiger partial charge < -0.3 is 16.4 Å². The summed E-state index contributed by atoms with van der Waals surface area (Å²) in [5, 5.41) is 9.45. The van der Waals surface area contributed by atoms with Crippen LogP contribution in [0.15, 0.2) is 48.5 Å². The molecule has 6 nitrogen and oxygen atoms in total. The van der Waals surface area contributed by atoms with Crippen LogP contribution >= 0.6 is 22.9 Å². The first kappa shape index (κ1) is 27.6. The van der Waals surface area contributed by atoms with Crippen LogP contribution in [0.25, 0.3) is 21.5 Å². The van der Waals surface area contributed by atoms with Gasteiger partial charge in [0, 0.05) is 21.7 Å². The highest BCUT2D eigenvalue weighted by molar-refractivity contribution is 7.18. The Kier molecular flexibility index (Phi) is 9.41. The van der Waals surface area contributed by atoms with Crippen LogP contribution in [0.2, 0.25) is 5.02 Å². The molecule has 2 aromatic heterocycles. The van der Waals surface area contributed by atoms with Gasteiger partial charge in [-0.1, -0.05) is 29.4 Å². The van der Waals surface area contributed by atoms with E-state index in [4.69, 9.17) is 23.1 Å². The Morgan fingerprint density at radius 1 is 0.944 bits per heavy atom. The first-order valence-electron chi connectivity index (χ1n) is 11.0. The van der Waals surface area contributed by atoms with Crippen molar-refractivity contribution in [2.75, 3.05) is 31.6 Å². The molecule has 0 bridgehead atoms. The fourth-order valence-corrected chi connectivity index (χ4v) is 4.15. The van der Waals surface area contributed by atoms with E-state index < -0.39 is 11.9 Å². The molecule has 0 aliphatic carbocycles. The second-order valence-corrected chi connectivity index (χ2v) is 9.52. The second-order valence-electron chi connectivity index (χ2n) is 8.07. The maximum Gasteiger partial charge on any atom is 0.433 e. The number of piperidine rings is 1. The van der Waals surface area contributed by atoms with E-state index in [2.05, 4.69) is 27.1 Å². The highest BCUT2D eigenvalue weighted by Crippen LogP contribution is 2.32. The van der Waals surface area contributed by atoms with Crippen molar-refractivity contribution in [3.63, 3.8) is 0 Å². The molecule has 3 heterocycles. The van der Waals surface area contributed by atoms with Crippen LogP contribution in [-0.2, 0) is 6.18 Å². The van der Waals surface area contributed by atoms with Gasteiger partial charge in [0.05, 0.1) is 5.52 Å². The topological polar surface area (TPSA) is 94.0 Å². The third-order valence-corrected chi connectivity index (χ3v) is 6.24.